The van der Waals surface area contributed by atoms with Crippen molar-refractivity contribution in [2.45, 2.75) is 44.3 Å². The van der Waals surface area contributed by atoms with Crippen molar-refractivity contribution < 1.29 is 9.59 Å². The van der Waals surface area contributed by atoms with Crippen LogP contribution in [0.15, 0.2) is 30.3 Å². The van der Waals surface area contributed by atoms with Gasteiger partial charge in [0, 0.05) is 18.5 Å². The fourth-order valence-electron chi connectivity index (χ4n) is 1.94. The Morgan fingerprint density at radius 3 is 2.55 bits per heavy atom. The first-order valence-electron chi connectivity index (χ1n) is 6.96. The first-order valence-corrected chi connectivity index (χ1v) is 6.96. The molecule has 4 N–H and O–H groups in total. The Labute approximate surface area is 118 Å². The highest BCUT2D eigenvalue weighted by Crippen LogP contribution is 2.18. The smallest absolute Gasteiger partial charge is 0.242 e. The van der Waals surface area contributed by atoms with Crippen LogP contribution in [0, 0.1) is 0 Å². The summed E-state index contributed by atoms with van der Waals surface area (Å²) in [5.41, 5.74) is 6.89. The lowest BCUT2D eigenvalue weighted by Crippen LogP contribution is -2.46. The molecule has 0 spiro atoms. The maximum atomic E-state index is 11.9. The number of hydrogen-bond acceptors (Lipinski definition) is 3. The van der Waals surface area contributed by atoms with Gasteiger partial charge in [-0.3, -0.25) is 9.59 Å². The zero-order chi connectivity index (χ0) is 14.5. The van der Waals surface area contributed by atoms with Crippen molar-refractivity contribution in [2.75, 3.05) is 0 Å². The molecule has 0 heterocycles. The molecule has 20 heavy (non-hydrogen) atoms. The standard InChI is InChI=1S/C15H21N3O2/c1-10(15(20)18-12-7-8-12)17-14(19)9-13(16)11-5-3-2-4-6-11/h2-6,10,12-13H,7-9,16H2,1H3,(H,17,19)(H,18,20). The maximum Gasteiger partial charge on any atom is 0.242 e. The van der Waals surface area contributed by atoms with E-state index in [0.29, 0.717) is 6.04 Å². The van der Waals surface area contributed by atoms with E-state index in [0.717, 1.165) is 18.4 Å². The first kappa shape index (κ1) is 14.5. The van der Waals surface area contributed by atoms with Gasteiger partial charge in [0.05, 0.1) is 0 Å². The third-order valence-corrected chi connectivity index (χ3v) is 3.33. The van der Waals surface area contributed by atoms with E-state index in [9.17, 15) is 9.59 Å². The Bertz CT molecular complexity index is 471. The topological polar surface area (TPSA) is 84.2 Å². The molecule has 5 nitrogen and oxygen atoms in total. The fourth-order valence-corrected chi connectivity index (χ4v) is 1.94. The molecular formula is C15H21N3O2. The summed E-state index contributed by atoms with van der Waals surface area (Å²) in [5.74, 6) is -0.339. The Balaban J connectivity index is 1.78. The van der Waals surface area contributed by atoms with Gasteiger partial charge in [-0.15, -0.1) is 0 Å². The average Bonchev–Trinajstić information content (AvgIpc) is 3.23. The van der Waals surface area contributed by atoms with Crippen LogP contribution in [0.25, 0.3) is 0 Å². The molecule has 2 atom stereocenters. The van der Waals surface area contributed by atoms with Gasteiger partial charge in [0.25, 0.3) is 0 Å². The second-order valence-corrected chi connectivity index (χ2v) is 5.29. The second kappa shape index (κ2) is 6.52. The summed E-state index contributed by atoms with van der Waals surface area (Å²) in [6, 6.07) is 8.88. The van der Waals surface area contributed by atoms with Crippen LogP contribution in [0.2, 0.25) is 0 Å². The minimum atomic E-state index is -0.522. The van der Waals surface area contributed by atoms with E-state index in [1.165, 1.54) is 0 Å². The summed E-state index contributed by atoms with van der Waals surface area (Å²) in [7, 11) is 0. The molecule has 1 saturated carbocycles. The van der Waals surface area contributed by atoms with E-state index in [1.54, 1.807) is 6.92 Å². The predicted octanol–water partition coefficient (Wildman–Crippen LogP) is 0.860. The number of carbonyl (C=O) groups excluding carboxylic acids is 2. The highest BCUT2D eigenvalue weighted by atomic mass is 16.2. The van der Waals surface area contributed by atoms with Gasteiger partial charge in [0.2, 0.25) is 11.8 Å². The number of rotatable bonds is 6. The van der Waals surface area contributed by atoms with Crippen molar-refractivity contribution in [3.63, 3.8) is 0 Å². The molecule has 1 aromatic rings. The summed E-state index contributed by atoms with van der Waals surface area (Å²) in [6.45, 7) is 1.68. The third-order valence-electron chi connectivity index (χ3n) is 3.33. The average molecular weight is 275 g/mol. The zero-order valence-corrected chi connectivity index (χ0v) is 11.6. The molecule has 5 heteroatoms. The SMILES string of the molecule is CC(NC(=O)CC(N)c1ccccc1)C(=O)NC1CC1. The quantitative estimate of drug-likeness (QED) is 0.720. The Morgan fingerprint density at radius 2 is 1.95 bits per heavy atom. The van der Waals surface area contributed by atoms with Crippen LogP contribution in [-0.4, -0.2) is 23.9 Å². The lowest BCUT2D eigenvalue weighted by Gasteiger charge is -2.16. The third kappa shape index (κ3) is 4.35. The normalized spacial score (nSPS) is 17.1. The molecule has 2 rings (SSSR count). The fraction of sp³-hybridized carbons (Fsp3) is 0.467. The molecule has 1 aliphatic carbocycles. The second-order valence-electron chi connectivity index (χ2n) is 5.29. The van der Waals surface area contributed by atoms with Gasteiger partial charge in [-0.2, -0.15) is 0 Å². The monoisotopic (exact) mass is 275 g/mol. The predicted molar refractivity (Wildman–Crippen MR) is 76.8 cm³/mol. The van der Waals surface area contributed by atoms with Crippen molar-refractivity contribution >= 4 is 11.8 Å². The van der Waals surface area contributed by atoms with Crippen molar-refractivity contribution in [3.05, 3.63) is 35.9 Å². The summed E-state index contributed by atoms with van der Waals surface area (Å²) < 4.78 is 0. The lowest BCUT2D eigenvalue weighted by atomic mass is 10.0. The largest absolute Gasteiger partial charge is 0.352 e. The molecule has 0 bridgehead atoms. The van der Waals surface area contributed by atoms with Crippen LogP contribution in [0.1, 0.15) is 37.8 Å². The Morgan fingerprint density at radius 1 is 1.30 bits per heavy atom. The number of amides is 2. The van der Waals surface area contributed by atoms with Crippen molar-refractivity contribution in [1.29, 1.82) is 0 Å². The van der Waals surface area contributed by atoms with E-state index in [2.05, 4.69) is 10.6 Å². The highest BCUT2D eigenvalue weighted by molar-refractivity contribution is 5.87. The Hall–Kier alpha value is -1.88. The molecule has 1 aliphatic rings. The van der Waals surface area contributed by atoms with Gasteiger partial charge >= 0.3 is 0 Å². The number of nitrogens with one attached hydrogen (secondary N) is 2. The van der Waals surface area contributed by atoms with E-state index in [1.807, 2.05) is 30.3 Å². The van der Waals surface area contributed by atoms with Gasteiger partial charge in [0.15, 0.2) is 0 Å². The molecule has 1 aromatic carbocycles. The van der Waals surface area contributed by atoms with Gasteiger partial charge < -0.3 is 16.4 Å². The number of benzene rings is 1. The summed E-state index contributed by atoms with van der Waals surface area (Å²) in [5, 5.41) is 5.54. The van der Waals surface area contributed by atoms with Crippen LogP contribution in [-0.2, 0) is 9.59 Å². The van der Waals surface area contributed by atoms with Gasteiger partial charge in [-0.25, -0.2) is 0 Å². The first-order chi connectivity index (χ1) is 9.56. The van der Waals surface area contributed by atoms with Crippen molar-refractivity contribution in [1.82, 2.24) is 10.6 Å². The summed E-state index contributed by atoms with van der Waals surface area (Å²) in [6.07, 6.45) is 2.24. The molecule has 0 aliphatic heterocycles. The van der Waals surface area contributed by atoms with Gasteiger partial charge in [-0.1, -0.05) is 30.3 Å². The number of carbonyl (C=O) groups is 2. The Kier molecular flexibility index (Phi) is 4.74. The van der Waals surface area contributed by atoms with Crippen LogP contribution in [0.5, 0.6) is 0 Å². The lowest BCUT2D eigenvalue weighted by molar-refractivity contribution is -0.128. The molecule has 108 valence electrons. The van der Waals surface area contributed by atoms with Crippen molar-refractivity contribution in [3.8, 4) is 0 Å². The highest BCUT2D eigenvalue weighted by Gasteiger charge is 2.26. The molecule has 0 aromatic heterocycles. The van der Waals surface area contributed by atoms with E-state index >= 15 is 0 Å². The van der Waals surface area contributed by atoms with E-state index < -0.39 is 6.04 Å². The molecule has 2 amide bonds. The van der Waals surface area contributed by atoms with Gasteiger partial charge in [0.1, 0.15) is 6.04 Å². The molecule has 0 saturated heterocycles. The van der Waals surface area contributed by atoms with Crippen LogP contribution < -0.4 is 16.4 Å². The maximum absolute atomic E-state index is 11.9. The van der Waals surface area contributed by atoms with Crippen LogP contribution >= 0.6 is 0 Å². The number of nitrogens with two attached hydrogens (primary N) is 1. The number of hydrogen-bond donors (Lipinski definition) is 3. The molecular weight excluding hydrogens is 254 g/mol. The molecule has 0 radical (unpaired) electrons. The van der Waals surface area contributed by atoms with Crippen LogP contribution in [0.4, 0.5) is 0 Å². The zero-order valence-electron chi connectivity index (χ0n) is 11.6. The van der Waals surface area contributed by atoms with Gasteiger partial charge in [-0.05, 0) is 25.3 Å². The summed E-state index contributed by atoms with van der Waals surface area (Å²) >= 11 is 0. The van der Waals surface area contributed by atoms with Crippen molar-refractivity contribution in [2.24, 2.45) is 5.73 Å². The van der Waals surface area contributed by atoms with E-state index in [-0.39, 0.29) is 24.3 Å². The minimum absolute atomic E-state index is 0.130. The van der Waals surface area contributed by atoms with E-state index in [4.69, 9.17) is 5.73 Å². The molecule has 2 unspecified atom stereocenters. The summed E-state index contributed by atoms with van der Waals surface area (Å²) in [4.78, 5) is 23.6. The molecule has 1 fully saturated rings. The van der Waals surface area contributed by atoms with Crippen LogP contribution in [0.3, 0.4) is 0 Å². The minimum Gasteiger partial charge on any atom is -0.352 e.